The first kappa shape index (κ1) is 9.68. The summed E-state index contributed by atoms with van der Waals surface area (Å²) in [6, 6.07) is 5.99. The van der Waals surface area contributed by atoms with E-state index in [4.69, 9.17) is 5.73 Å². The van der Waals surface area contributed by atoms with E-state index in [1.54, 1.807) is 0 Å². The van der Waals surface area contributed by atoms with Gasteiger partial charge in [-0.3, -0.25) is 0 Å². The van der Waals surface area contributed by atoms with Crippen molar-refractivity contribution in [1.82, 2.24) is 9.55 Å². The Morgan fingerprint density at radius 2 is 2.21 bits per heavy atom. The van der Waals surface area contributed by atoms with Crippen molar-refractivity contribution in [2.75, 3.05) is 0 Å². The van der Waals surface area contributed by atoms with E-state index in [9.17, 15) is 0 Å². The molecule has 0 bridgehead atoms. The Labute approximate surface area is 91.1 Å². The fourth-order valence-corrected chi connectivity index (χ4v) is 1.94. The number of hydrogen-bond acceptors (Lipinski definition) is 2. The van der Waals surface area contributed by atoms with E-state index < -0.39 is 0 Å². The van der Waals surface area contributed by atoms with Gasteiger partial charge in [-0.2, -0.15) is 0 Å². The van der Waals surface area contributed by atoms with E-state index in [1.165, 1.54) is 0 Å². The van der Waals surface area contributed by atoms with Crippen LogP contribution in [0.25, 0.3) is 11.0 Å². The number of imidazole rings is 1. The van der Waals surface area contributed by atoms with Gasteiger partial charge in [0.1, 0.15) is 5.82 Å². The van der Waals surface area contributed by atoms with Gasteiger partial charge in [-0.15, -0.1) is 0 Å². The van der Waals surface area contributed by atoms with Crippen LogP contribution in [0.1, 0.15) is 18.8 Å². The molecular weight excluding hydrogens is 242 g/mol. The predicted molar refractivity (Wildman–Crippen MR) is 61.0 cm³/mol. The number of nitrogens with zero attached hydrogens (tertiary/aromatic N) is 2. The van der Waals surface area contributed by atoms with Gasteiger partial charge in [0.05, 0.1) is 17.1 Å². The molecule has 1 aromatic carbocycles. The average Bonchev–Trinajstić information content (AvgIpc) is 2.44. The molecule has 0 aliphatic carbocycles. The zero-order chi connectivity index (χ0) is 10.3. The van der Waals surface area contributed by atoms with Gasteiger partial charge in [0.2, 0.25) is 0 Å². The standard InChI is InChI=1S/C10H12BrN3/c1-6(12)10-13-8-4-3-7(11)5-9(8)14(10)2/h3-6H,12H2,1-2H3/t6-/m0/s1. The van der Waals surface area contributed by atoms with E-state index in [0.717, 1.165) is 21.3 Å². The molecule has 0 radical (unpaired) electrons. The number of hydrogen-bond donors (Lipinski definition) is 1. The SMILES string of the molecule is C[C@H](N)c1nc2ccc(Br)cc2n1C. The second kappa shape index (κ2) is 3.37. The maximum Gasteiger partial charge on any atom is 0.126 e. The van der Waals surface area contributed by atoms with Crippen molar-refractivity contribution in [3.63, 3.8) is 0 Å². The van der Waals surface area contributed by atoms with Crippen LogP contribution >= 0.6 is 15.9 Å². The predicted octanol–water partition coefficient (Wildman–Crippen LogP) is 2.36. The Hall–Kier alpha value is -0.870. The Kier molecular flexibility index (Phi) is 2.33. The normalized spacial score (nSPS) is 13.4. The molecular formula is C10H12BrN3. The van der Waals surface area contributed by atoms with Crippen LogP contribution in [0.3, 0.4) is 0 Å². The lowest BCUT2D eigenvalue weighted by Crippen LogP contribution is -2.11. The summed E-state index contributed by atoms with van der Waals surface area (Å²) in [4.78, 5) is 4.47. The summed E-state index contributed by atoms with van der Waals surface area (Å²) in [6.45, 7) is 1.94. The second-order valence-electron chi connectivity index (χ2n) is 3.45. The van der Waals surface area contributed by atoms with E-state index >= 15 is 0 Å². The first-order chi connectivity index (χ1) is 6.59. The molecule has 0 aliphatic rings. The molecule has 0 saturated heterocycles. The molecule has 0 unspecified atom stereocenters. The fraction of sp³-hybridized carbons (Fsp3) is 0.300. The number of nitrogens with two attached hydrogens (primary N) is 1. The first-order valence-electron chi connectivity index (χ1n) is 4.47. The van der Waals surface area contributed by atoms with Crippen LogP contribution in [0.5, 0.6) is 0 Å². The van der Waals surface area contributed by atoms with Crippen LogP contribution < -0.4 is 5.73 Å². The van der Waals surface area contributed by atoms with Crippen molar-refractivity contribution in [3.05, 3.63) is 28.5 Å². The lowest BCUT2D eigenvalue weighted by Gasteiger charge is -2.04. The largest absolute Gasteiger partial charge is 0.330 e. The number of fused-ring (bicyclic) bond motifs is 1. The van der Waals surface area contributed by atoms with Gasteiger partial charge < -0.3 is 10.3 Å². The number of halogens is 1. The van der Waals surface area contributed by atoms with Crippen LogP contribution in [0.15, 0.2) is 22.7 Å². The van der Waals surface area contributed by atoms with Gasteiger partial charge in [0.25, 0.3) is 0 Å². The molecule has 0 aliphatic heterocycles. The Morgan fingerprint density at radius 3 is 2.86 bits per heavy atom. The Balaban J connectivity index is 2.74. The summed E-state index contributed by atoms with van der Waals surface area (Å²) >= 11 is 3.44. The highest BCUT2D eigenvalue weighted by Gasteiger charge is 2.10. The maximum absolute atomic E-state index is 5.82. The molecule has 74 valence electrons. The molecule has 0 spiro atoms. The molecule has 0 saturated carbocycles. The summed E-state index contributed by atoms with van der Waals surface area (Å²) in [5.74, 6) is 0.915. The van der Waals surface area contributed by atoms with Gasteiger partial charge in [-0.1, -0.05) is 15.9 Å². The summed E-state index contributed by atoms with van der Waals surface area (Å²) < 4.78 is 3.09. The van der Waals surface area contributed by atoms with Crippen LogP contribution in [-0.2, 0) is 7.05 Å². The minimum Gasteiger partial charge on any atom is -0.330 e. The molecule has 2 rings (SSSR count). The van der Waals surface area contributed by atoms with E-state index in [2.05, 4.69) is 20.9 Å². The van der Waals surface area contributed by atoms with Crippen LogP contribution in [0.4, 0.5) is 0 Å². The average molecular weight is 254 g/mol. The van der Waals surface area contributed by atoms with Crippen molar-refractivity contribution >= 4 is 27.0 Å². The van der Waals surface area contributed by atoms with Crippen molar-refractivity contribution in [2.45, 2.75) is 13.0 Å². The van der Waals surface area contributed by atoms with Crippen LogP contribution in [0.2, 0.25) is 0 Å². The third kappa shape index (κ3) is 1.44. The molecule has 2 aromatic rings. The minimum atomic E-state index is -0.0359. The summed E-state index contributed by atoms with van der Waals surface area (Å²) in [5.41, 5.74) is 7.91. The molecule has 1 heterocycles. The maximum atomic E-state index is 5.82. The van der Waals surface area contributed by atoms with Crippen LogP contribution in [0, 0.1) is 0 Å². The molecule has 0 amide bonds. The first-order valence-corrected chi connectivity index (χ1v) is 5.26. The molecule has 0 fully saturated rings. The third-order valence-electron chi connectivity index (χ3n) is 2.28. The van der Waals surface area contributed by atoms with Crippen molar-refractivity contribution < 1.29 is 0 Å². The molecule has 1 atom stereocenters. The van der Waals surface area contributed by atoms with Gasteiger partial charge in [-0.25, -0.2) is 4.98 Å². The molecule has 3 nitrogen and oxygen atoms in total. The van der Waals surface area contributed by atoms with Gasteiger partial charge in [0.15, 0.2) is 0 Å². The Bertz CT molecular complexity index is 473. The highest BCUT2D eigenvalue weighted by Crippen LogP contribution is 2.21. The third-order valence-corrected chi connectivity index (χ3v) is 2.78. The van der Waals surface area contributed by atoms with Gasteiger partial charge in [0, 0.05) is 11.5 Å². The van der Waals surface area contributed by atoms with Crippen molar-refractivity contribution in [2.24, 2.45) is 12.8 Å². The monoisotopic (exact) mass is 253 g/mol. The van der Waals surface area contributed by atoms with Gasteiger partial charge in [-0.05, 0) is 25.1 Å². The molecule has 4 heteroatoms. The number of benzene rings is 1. The molecule has 14 heavy (non-hydrogen) atoms. The van der Waals surface area contributed by atoms with E-state index in [-0.39, 0.29) is 6.04 Å². The summed E-state index contributed by atoms with van der Waals surface area (Å²) in [5, 5.41) is 0. The molecule has 1 aromatic heterocycles. The Morgan fingerprint density at radius 1 is 1.50 bits per heavy atom. The zero-order valence-electron chi connectivity index (χ0n) is 8.16. The van der Waals surface area contributed by atoms with E-state index in [1.807, 2.05) is 36.7 Å². The smallest absolute Gasteiger partial charge is 0.126 e. The lowest BCUT2D eigenvalue weighted by molar-refractivity contribution is 0.696. The van der Waals surface area contributed by atoms with Crippen LogP contribution in [-0.4, -0.2) is 9.55 Å². The quantitative estimate of drug-likeness (QED) is 0.848. The fourth-order valence-electron chi connectivity index (χ4n) is 1.59. The lowest BCUT2D eigenvalue weighted by atomic mass is 10.3. The highest BCUT2D eigenvalue weighted by molar-refractivity contribution is 9.10. The molecule has 2 N–H and O–H groups in total. The second-order valence-corrected chi connectivity index (χ2v) is 4.37. The van der Waals surface area contributed by atoms with E-state index in [0.29, 0.717) is 0 Å². The summed E-state index contributed by atoms with van der Waals surface area (Å²) in [7, 11) is 1.99. The minimum absolute atomic E-state index is 0.0359. The van der Waals surface area contributed by atoms with Gasteiger partial charge >= 0.3 is 0 Å². The zero-order valence-corrected chi connectivity index (χ0v) is 9.75. The summed E-state index contributed by atoms with van der Waals surface area (Å²) in [6.07, 6.45) is 0. The number of aromatic nitrogens is 2. The number of rotatable bonds is 1. The number of aryl methyl sites for hydroxylation is 1. The van der Waals surface area contributed by atoms with Crippen molar-refractivity contribution in [1.29, 1.82) is 0 Å². The highest BCUT2D eigenvalue weighted by atomic mass is 79.9. The topological polar surface area (TPSA) is 43.8 Å². The van der Waals surface area contributed by atoms with Crippen molar-refractivity contribution in [3.8, 4) is 0 Å².